The van der Waals surface area contributed by atoms with Crippen molar-refractivity contribution in [3.8, 4) is 10.6 Å². The van der Waals surface area contributed by atoms with E-state index in [-0.39, 0.29) is 11.2 Å². The average molecular weight is 344 g/mol. The first-order valence-electron chi connectivity index (χ1n) is 6.84. The number of thiophene rings is 1. The minimum atomic E-state index is -0.0634. The molecule has 2 aromatic heterocycles. The summed E-state index contributed by atoms with van der Waals surface area (Å²) in [5.74, 6) is 0.0354. The van der Waals surface area contributed by atoms with Crippen molar-refractivity contribution in [2.45, 2.75) is 16.6 Å². The molecule has 1 N–H and O–H groups in total. The summed E-state index contributed by atoms with van der Waals surface area (Å²) in [6.07, 6.45) is 0.788. The molecule has 0 bridgehead atoms. The summed E-state index contributed by atoms with van der Waals surface area (Å²) in [6.45, 7) is 0. The lowest BCUT2D eigenvalue weighted by Gasteiger charge is -2.07. The van der Waals surface area contributed by atoms with Gasteiger partial charge in [-0.3, -0.25) is 4.79 Å². The largest absolute Gasteiger partial charge is 0.301 e. The lowest BCUT2D eigenvalue weighted by Crippen LogP contribution is -2.24. The number of rotatable bonds is 3. The fraction of sp³-hybridized carbons (Fsp3) is 0.125. The molecule has 0 unspecified atom stereocenters. The van der Waals surface area contributed by atoms with Crippen molar-refractivity contribution < 1.29 is 4.79 Å². The zero-order valence-corrected chi connectivity index (χ0v) is 13.9. The molecule has 0 saturated heterocycles. The van der Waals surface area contributed by atoms with Gasteiger partial charge < -0.3 is 5.32 Å². The molecular formula is C16H12N2OS3. The Morgan fingerprint density at radius 3 is 2.91 bits per heavy atom. The van der Waals surface area contributed by atoms with Crippen molar-refractivity contribution in [1.82, 2.24) is 4.98 Å². The van der Waals surface area contributed by atoms with Gasteiger partial charge in [-0.05, 0) is 29.5 Å². The molecule has 1 amide bonds. The molecule has 22 heavy (non-hydrogen) atoms. The van der Waals surface area contributed by atoms with E-state index in [4.69, 9.17) is 0 Å². The van der Waals surface area contributed by atoms with Gasteiger partial charge in [0.05, 0.1) is 15.8 Å². The van der Waals surface area contributed by atoms with E-state index in [9.17, 15) is 4.79 Å². The third kappa shape index (κ3) is 2.69. The molecule has 0 spiro atoms. The van der Waals surface area contributed by atoms with Crippen LogP contribution in [0.4, 0.5) is 5.13 Å². The highest BCUT2D eigenvalue weighted by Gasteiger charge is 2.28. The topological polar surface area (TPSA) is 42.0 Å². The number of nitrogens with zero attached hydrogens (tertiary/aromatic N) is 1. The molecule has 6 heteroatoms. The Morgan fingerprint density at radius 2 is 2.09 bits per heavy atom. The molecule has 4 rings (SSSR count). The van der Waals surface area contributed by atoms with Gasteiger partial charge in [-0.25, -0.2) is 4.98 Å². The first kappa shape index (κ1) is 14.0. The number of nitrogens with one attached hydrogen (secondary N) is 1. The Hall–Kier alpha value is -1.63. The molecule has 0 aliphatic carbocycles. The van der Waals surface area contributed by atoms with Crippen LogP contribution in [-0.4, -0.2) is 16.1 Å². The summed E-state index contributed by atoms with van der Waals surface area (Å²) in [5.41, 5.74) is 2.18. The molecule has 0 saturated carbocycles. The Labute approximate surface area is 140 Å². The van der Waals surface area contributed by atoms with E-state index >= 15 is 0 Å². The van der Waals surface area contributed by atoms with Crippen LogP contribution < -0.4 is 5.32 Å². The number of hydrogen-bond acceptors (Lipinski definition) is 5. The maximum Gasteiger partial charge on any atom is 0.239 e. The summed E-state index contributed by atoms with van der Waals surface area (Å²) in [4.78, 5) is 19.3. The van der Waals surface area contributed by atoms with Gasteiger partial charge in [0, 0.05) is 10.3 Å². The quantitative estimate of drug-likeness (QED) is 0.759. The molecule has 110 valence electrons. The average Bonchev–Trinajstić information content (AvgIpc) is 3.26. The SMILES string of the molecule is O=C(Nc1nc(-c2cccs2)cs1)[C@H]1Cc2ccccc2S1. The maximum atomic E-state index is 12.4. The van der Waals surface area contributed by atoms with Crippen LogP contribution in [0.5, 0.6) is 0 Å². The Balaban J connectivity index is 1.45. The highest BCUT2D eigenvalue weighted by atomic mass is 32.2. The molecule has 0 fully saturated rings. The van der Waals surface area contributed by atoms with Gasteiger partial charge in [0.2, 0.25) is 5.91 Å². The summed E-state index contributed by atoms with van der Waals surface area (Å²) >= 11 is 4.76. The molecular weight excluding hydrogens is 332 g/mol. The third-order valence-corrected chi connectivity index (χ3v) is 6.42. The van der Waals surface area contributed by atoms with Crippen LogP contribution in [0.25, 0.3) is 10.6 Å². The minimum absolute atomic E-state index is 0.0354. The van der Waals surface area contributed by atoms with Gasteiger partial charge in [-0.2, -0.15) is 0 Å². The number of benzene rings is 1. The number of fused-ring (bicyclic) bond motifs is 1. The van der Waals surface area contributed by atoms with Gasteiger partial charge in [-0.15, -0.1) is 34.4 Å². The van der Waals surface area contributed by atoms with E-state index in [1.165, 1.54) is 21.8 Å². The number of anilines is 1. The summed E-state index contributed by atoms with van der Waals surface area (Å²) in [5, 5.41) is 7.57. The zero-order valence-electron chi connectivity index (χ0n) is 11.5. The van der Waals surface area contributed by atoms with Gasteiger partial charge >= 0.3 is 0 Å². The lowest BCUT2D eigenvalue weighted by molar-refractivity contribution is -0.115. The van der Waals surface area contributed by atoms with Crippen LogP contribution in [0.15, 0.2) is 52.1 Å². The number of amides is 1. The predicted molar refractivity (Wildman–Crippen MR) is 93.8 cm³/mol. The number of thioether (sulfide) groups is 1. The third-order valence-electron chi connectivity index (χ3n) is 3.45. The molecule has 1 aromatic carbocycles. The number of aromatic nitrogens is 1. The number of carbonyl (C=O) groups is 1. The summed E-state index contributed by atoms with van der Waals surface area (Å²) < 4.78 is 0. The molecule has 3 nitrogen and oxygen atoms in total. The standard InChI is InChI=1S/C16H12N2OS3/c19-15(14-8-10-4-1-2-5-12(10)22-14)18-16-17-11(9-21-16)13-6-3-7-20-13/h1-7,9,14H,8H2,(H,17,18,19)/t14-/m1/s1. The molecule has 1 aliphatic rings. The van der Waals surface area contributed by atoms with Crippen molar-refractivity contribution >= 4 is 45.5 Å². The molecule has 3 aromatic rings. The molecule has 0 radical (unpaired) electrons. The maximum absolute atomic E-state index is 12.4. The van der Waals surface area contributed by atoms with Crippen molar-refractivity contribution in [3.63, 3.8) is 0 Å². The van der Waals surface area contributed by atoms with E-state index in [2.05, 4.69) is 22.4 Å². The van der Waals surface area contributed by atoms with Crippen LogP contribution in [0, 0.1) is 0 Å². The van der Waals surface area contributed by atoms with E-state index in [1.54, 1.807) is 23.1 Å². The van der Waals surface area contributed by atoms with Crippen molar-refractivity contribution in [2.75, 3.05) is 5.32 Å². The van der Waals surface area contributed by atoms with Gasteiger partial charge in [-0.1, -0.05) is 24.3 Å². The normalized spacial score (nSPS) is 16.5. The van der Waals surface area contributed by atoms with Crippen molar-refractivity contribution in [3.05, 3.63) is 52.7 Å². The summed E-state index contributed by atoms with van der Waals surface area (Å²) in [6, 6.07) is 12.2. The second-order valence-electron chi connectivity index (χ2n) is 4.92. The second kappa shape index (κ2) is 5.87. The van der Waals surface area contributed by atoms with E-state index in [1.807, 2.05) is 35.0 Å². The van der Waals surface area contributed by atoms with Gasteiger partial charge in [0.1, 0.15) is 0 Å². The van der Waals surface area contributed by atoms with Crippen molar-refractivity contribution in [1.29, 1.82) is 0 Å². The Morgan fingerprint density at radius 1 is 1.18 bits per heavy atom. The van der Waals surface area contributed by atoms with Gasteiger partial charge in [0.15, 0.2) is 5.13 Å². The molecule has 1 aliphatic heterocycles. The van der Waals surface area contributed by atoms with Gasteiger partial charge in [0.25, 0.3) is 0 Å². The van der Waals surface area contributed by atoms with E-state index in [0.717, 1.165) is 17.0 Å². The zero-order chi connectivity index (χ0) is 14.9. The number of hydrogen-bond donors (Lipinski definition) is 1. The second-order valence-corrected chi connectivity index (χ2v) is 7.97. The molecule has 1 atom stereocenters. The minimum Gasteiger partial charge on any atom is -0.301 e. The smallest absolute Gasteiger partial charge is 0.239 e. The first-order chi connectivity index (χ1) is 10.8. The fourth-order valence-electron chi connectivity index (χ4n) is 2.38. The lowest BCUT2D eigenvalue weighted by atomic mass is 10.1. The molecule has 3 heterocycles. The summed E-state index contributed by atoms with van der Waals surface area (Å²) in [7, 11) is 0. The number of thiazole rings is 1. The Kier molecular flexibility index (Phi) is 3.73. The fourth-order valence-corrected chi connectivity index (χ4v) is 5.05. The highest BCUT2D eigenvalue weighted by Crippen LogP contribution is 2.37. The highest BCUT2D eigenvalue weighted by molar-refractivity contribution is 8.01. The van der Waals surface area contributed by atoms with Crippen molar-refractivity contribution in [2.24, 2.45) is 0 Å². The monoisotopic (exact) mass is 344 g/mol. The van der Waals surface area contributed by atoms with E-state index in [0.29, 0.717) is 5.13 Å². The first-order valence-corrected chi connectivity index (χ1v) is 9.48. The van der Waals surface area contributed by atoms with Crippen LogP contribution in [0.2, 0.25) is 0 Å². The van der Waals surface area contributed by atoms with E-state index < -0.39 is 0 Å². The predicted octanol–water partition coefficient (Wildman–Crippen LogP) is 4.53. The van der Waals surface area contributed by atoms with Crippen LogP contribution in [-0.2, 0) is 11.2 Å². The van der Waals surface area contributed by atoms with Crippen LogP contribution >= 0.6 is 34.4 Å². The Bertz CT molecular complexity index is 785. The van der Waals surface area contributed by atoms with Crippen LogP contribution in [0.1, 0.15) is 5.56 Å². The van der Waals surface area contributed by atoms with Crippen LogP contribution in [0.3, 0.4) is 0 Å². The number of carbonyl (C=O) groups excluding carboxylic acids is 1.